The summed E-state index contributed by atoms with van der Waals surface area (Å²) in [5, 5.41) is 4.27. The van der Waals surface area contributed by atoms with Gasteiger partial charge in [0.15, 0.2) is 5.17 Å². The molecule has 19 heavy (non-hydrogen) atoms. The van der Waals surface area contributed by atoms with Crippen molar-refractivity contribution in [2.24, 2.45) is 4.99 Å². The van der Waals surface area contributed by atoms with E-state index in [0.717, 1.165) is 21.1 Å². The van der Waals surface area contributed by atoms with E-state index in [2.05, 4.69) is 21.2 Å². The van der Waals surface area contributed by atoms with Crippen LogP contribution in [0.25, 0.3) is 0 Å². The minimum atomic E-state index is -0.234. The van der Waals surface area contributed by atoms with E-state index in [1.54, 1.807) is 17.8 Å². The number of hydrogen-bond donors (Lipinski definition) is 1. The minimum absolute atomic E-state index is 0.164. The second-order valence-corrected chi connectivity index (χ2v) is 7.06. The van der Waals surface area contributed by atoms with Gasteiger partial charge in [-0.1, -0.05) is 31.0 Å². The first-order valence-electron chi connectivity index (χ1n) is 6.62. The number of hydrogen-bond acceptors (Lipinski definition) is 3. The van der Waals surface area contributed by atoms with E-state index in [-0.39, 0.29) is 11.4 Å². The Morgan fingerprint density at radius 3 is 2.79 bits per heavy atom. The van der Waals surface area contributed by atoms with Gasteiger partial charge in [0, 0.05) is 10.2 Å². The van der Waals surface area contributed by atoms with E-state index < -0.39 is 0 Å². The molecule has 0 bridgehead atoms. The van der Waals surface area contributed by atoms with Gasteiger partial charge in [-0.15, -0.1) is 0 Å². The number of aliphatic imine (C=N–C) groups is 1. The normalized spacial score (nSPS) is 21.5. The molecule has 1 aliphatic carbocycles. The van der Waals surface area contributed by atoms with Gasteiger partial charge < -0.3 is 5.32 Å². The van der Waals surface area contributed by atoms with Crippen molar-refractivity contribution in [1.82, 2.24) is 0 Å². The number of benzene rings is 1. The number of halogens is 2. The molecule has 1 heterocycles. The Labute approximate surface area is 125 Å². The molecule has 0 unspecified atom stereocenters. The van der Waals surface area contributed by atoms with Crippen molar-refractivity contribution in [3.05, 3.63) is 28.5 Å². The summed E-state index contributed by atoms with van der Waals surface area (Å²) in [7, 11) is 0. The number of rotatable bonds is 1. The summed E-state index contributed by atoms with van der Waals surface area (Å²) in [5.41, 5.74) is 1.04. The predicted octanol–water partition coefficient (Wildman–Crippen LogP) is 4.81. The van der Waals surface area contributed by atoms with E-state index in [1.165, 1.54) is 44.2 Å². The molecule has 3 rings (SSSR count). The van der Waals surface area contributed by atoms with Crippen LogP contribution in [0, 0.1) is 5.82 Å². The lowest BCUT2D eigenvalue weighted by Crippen LogP contribution is -2.29. The van der Waals surface area contributed by atoms with Crippen LogP contribution in [0.5, 0.6) is 0 Å². The highest BCUT2D eigenvalue weighted by molar-refractivity contribution is 9.10. The Kier molecular flexibility index (Phi) is 3.85. The van der Waals surface area contributed by atoms with Gasteiger partial charge in [0.1, 0.15) is 5.82 Å². The van der Waals surface area contributed by atoms with E-state index in [0.29, 0.717) is 0 Å². The highest BCUT2D eigenvalue weighted by Crippen LogP contribution is 2.40. The fraction of sp³-hybridized carbons (Fsp3) is 0.500. The average Bonchev–Trinajstić information content (AvgIpc) is 2.77. The Morgan fingerprint density at radius 2 is 2.05 bits per heavy atom. The summed E-state index contributed by atoms with van der Waals surface area (Å²) < 4.78 is 13.8. The van der Waals surface area contributed by atoms with Crippen molar-refractivity contribution >= 4 is 38.5 Å². The average molecular weight is 343 g/mol. The quantitative estimate of drug-likeness (QED) is 0.792. The maximum Gasteiger partial charge on any atom is 0.161 e. The van der Waals surface area contributed by atoms with Gasteiger partial charge in [-0.3, -0.25) is 4.99 Å². The van der Waals surface area contributed by atoms with Gasteiger partial charge in [0.2, 0.25) is 0 Å². The summed E-state index contributed by atoms with van der Waals surface area (Å²) in [6.07, 6.45) is 6.33. The summed E-state index contributed by atoms with van der Waals surface area (Å²) >= 11 is 5.15. The molecule has 1 aliphatic heterocycles. The maximum absolute atomic E-state index is 13.1. The summed E-state index contributed by atoms with van der Waals surface area (Å²) in [5.74, 6) is 0.843. The van der Waals surface area contributed by atoms with Gasteiger partial charge in [-0.2, -0.15) is 0 Å². The lowest BCUT2D eigenvalue weighted by atomic mass is 9.84. The van der Waals surface area contributed by atoms with Crippen LogP contribution < -0.4 is 5.32 Å². The molecule has 1 aromatic carbocycles. The number of nitrogens with one attached hydrogen (secondary N) is 1. The predicted molar refractivity (Wildman–Crippen MR) is 83.4 cm³/mol. The summed E-state index contributed by atoms with van der Waals surface area (Å²) in [6.45, 7) is 0. The first-order chi connectivity index (χ1) is 9.17. The molecule has 5 heteroatoms. The van der Waals surface area contributed by atoms with Crippen LogP contribution in [0.4, 0.5) is 10.1 Å². The molecule has 1 spiro atoms. The van der Waals surface area contributed by atoms with Crippen molar-refractivity contribution in [3.8, 4) is 0 Å². The molecule has 2 nitrogen and oxygen atoms in total. The fourth-order valence-electron chi connectivity index (χ4n) is 2.72. The van der Waals surface area contributed by atoms with Crippen LogP contribution in [0.1, 0.15) is 32.1 Å². The number of thioether (sulfide) groups is 1. The van der Waals surface area contributed by atoms with Gasteiger partial charge in [-0.25, -0.2) is 4.39 Å². The summed E-state index contributed by atoms with van der Waals surface area (Å²) in [4.78, 5) is 4.89. The van der Waals surface area contributed by atoms with E-state index >= 15 is 0 Å². The van der Waals surface area contributed by atoms with Crippen LogP contribution in [-0.4, -0.2) is 16.5 Å². The van der Waals surface area contributed by atoms with E-state index in [9.17, 15) is 4.39 Å². The summed E-state index contributed by atoms with van der Waals surface area (Å²) in [6, 6.07) is 4.68. The minimum Gasteiger partial charge on any atom is -0.334 e. The number of nitrogens with zero attached hydrogens (tertiary/aromatic N) is 1. The maximum atomic E-state index is 13.1. The molecular weight excluding hydrogens is 327 g/mol. The van der Waals surface area contributed by atoms with Gasteiger partial charge in [0.25, 0.3) is 0 Å². The molecule has 102 valence electrons. The zero-order valence-electron chi connectivity index (χ0n) is 10.6. The SMILES string of the molecule is Fc1ccc(NC2=NC3(CCCCC3)CS2)c(Br)c1. The molecule has 0 saturated heterocycles. The fourth-order valence-corrected chi connectivity index (χ4v) is 4.37. The van der Waals surface area contributed by atoms with Gasteiger partial charge in [-0.05, 0) is 47.0 Å². The highest BCUT2D eigenvalue weighted by atomic mass is 79.9. The van der Waals surface area contributed by atoms with Gasteiger partial charge >= 0.3 is 0 Å². The Morgan fingerprint density at radius 1 is 1.26 bits per heavy atom. The molecular formula is C14H16BrFN2S. The molecule has 2 aliphatic rings. The zero-order valence-corrected chi connectivity index (χ0v) is 13.0. The molecule has 0 aromatic heterocycles. The third kappa shape index (κ3) is 2.97. The molecule has 1 N–H and O–H groups in total. The lowest BCUT2D eigenvalue weighted by molar-refractivity contribution is 0.335. The Bertz CT molecular complexity index is 512. The third-order valence-electron chi connectivity index (χ3n) is 3.77. The van der Waals surface area contributed by atoms with Crippen LogP contribution in [0.3, 0.4) is 0 Å². The van der Waals surface area contributed by atoms with Crippen LogP contribution in [-0.2, 0) is 0 Å². The van der Waals surface area contributed by atoms with Crippen molar-refractivity contribution in [2.45, 2.75) is 37.6 Å². The second kappa shape index (κ2) is 5.44. The van der Waals surface area contributed by atoms with E-state index in [1.807, 2.05) is 0 Å². The van der Waals surface area contributed by atoms with Crippen molar-refractivity contribution < 1.29 is 4.39 Å². The highest BCUT2D eigenvalue weighted by Gasteiger charge is 2.36. The first-order valence-corrected chi connectivity index (χ1v) is 8.40. The van der Waals surface area contributed by atoms with E-state index in [4.69, 9.17) is 4.99 Å². The molecule has 1 saturated carbocycles. The Hall–Kier alpha value is -0.550. The smallest absolute Gasteiger partial charge is 0.161 e. The number of amidine groups is 1. The first kappa shape index (κ1) is 13.4. The van der Waals surface area contributed by atoms with Crippen molar-refractivity contribution in [2.75, 3.05) is 11.1 Å². The standard InChI is InChI=1S/C14H16BrFN2S/c15-11-8-10(16)4-5-12(11)17-13-18-14(9-19-13)6-2-1-3-7-14/h4-5,8H,1-3,6-7,9H2,(H,17,18). The largest absolute Gasteiger partial charge is 0.334 e. The monoisotopic (exact) mass is 342 g/mol. The molecule has 0 radical (unpaired) electrons. The molecule has 1 fully saturated rings. The number of anilines is 1. The van der Waals surface area contributed by atoms with Crippen LogP contribution in [0.15, 0.2) is 27.7 Å². The third-order valence-corrected chi connectivity index (χ3v) is 5.58. The zero-order chi connectivity index (χ0) is 13.3. The molecule has 0 amide bonds. The molecule has 1 aromatic rings. The molecule has 0 atom stereocenters. The van der Waals surface area contributed by atoms with Crippen molar-refractivity contribution in [1.29, 1.82) is 0 Å². The Balaban J connectivity index is 1.75. The van der Waals surface area contributed by atoms with Crippen LogP contribution in [0.2, 0.25) is 0 Å². The van der Waals surface area contributed by atoms with Crippen LogP contribution >= 0.6 is 27.7 Å². The lowest BCUT2D eigenvalue weighted by Gasteiger charge is -2.29. The van der Waals surface area contributed by atoms with Crippen molar-refractivity contribution in [3.63, 3.8) is 0 Å². The van der Waals surface area contributed by atoms with Gasteiger partial charge in [0.05, 0.1) is 11.2 Å². The second-order valence-electron chi connectivity index (χ2n) is 5.24. The topological polar surface area (TPSA) is 24.4 Å².